The van der Waals surface area contributed by atoms with Crippen molar-refractivity contribution in [1.29, 1.82) is 0 Å². The molecule has 2 aliphatic rings. The van der Waals surface area contributed by atoms with Gasteiger partial charge >= 0.3 is 5.97 Å². The van der Waals surface area contributed by atoms with Gasteiger partial charge in [0, 0.05) is 5.56 Å². The summed E-state index contributed by atoms with van der Waals surface area (Å²) in [6, 6.07) is 10.1. The molecular formula is C27H26N2O7S. The van der Waals surface area contributed by atoms with Gasteiger partial charge in [-0.25, -0.2) is 9.79 Å². The number of fused-ring (bicyclic) bond motifs is 2. The molecule has 0 spiro atoms. The maximum atomic E-state index is 13.9. The number of aromatic nitrogens is 1. The second kappa shape index (κ2) is 10.1. The van der Waals surface area contributed by atoms with Gasteiger partial charge in [-0.1, -0.05) is 36.5 Å². The monoisotopic (exact) mass is 522 g/mol. The first-order valence-electron chi connectivity index (χ1n) is 11.8. The third-order valence-corrected chi connectivity index (χ3v) is 7.08. The molecule has 0 N–H and O–H groups in total. The fraction of sp³-hybridized carbons (Fsp3) is 0.296. The highest BCUT2D eigenvalue weighted by Gasteiger charge is 2.35. The topological polar surface area (TPSA) is 97.6 Å². The number of nitrogens with zero attached hydrogens (tertiary/aromatic N) is 2. The van der Waals surface area contributed by atoms with Gasteiger partial charge in [-0.3, -0.25) is 9.36 Å². The number of carbonyl (C=O) groups excluding carboxylic acids is 1. The maximum Gasteiger partial charge on any atom is 0.338 e. The average molecular weight is 523 g/mol. The lowest BCUT2D eigenvalue weighted by molar-refractivity contribution is -0.136. The molecule has 0 unspecified atom stereocenters. The van der Waals surface area contributed by atoms with E-state index >= 15 is 0 Å². The molecule has 0 aliphatic carbocycles. The highest BCUT2D eigenvalue weighted by atomic mass is 32.1. The minimum Gasteiger partial charge on any atom is -0.493 e. The van der Waals surface area contributed by atoms with Gasteiger partial charge < -0.3 is 23.7 Å². The number of para-hydroxylation sites is 1. The van der Waals surface area contributed by atoms with Gasteiger partial charge in [0.25, 0.3) is 5.56 Å². The lowest BCUT2D eigenvalue weighted by Gasteiger charge is -2.26. The molecule has 0 radical (unpaired) electrons. The van der Waals surface area contributed by atoms with Gasteiger partial charge in [0.05, 0.1) is 36.6 Å². The molecule has 0 saturated heterocycles. The Morgan fingerprint density at radius 2 is 2.03 bits per heavy atom. The molecule has 9 nitrogen and oxygen atoms in total. The minimum atomic E-state index is -0.815. The normalized spacial score (nSPS) is 16.3. The molecule has 2 aromatic carbocycles. The van der Waals surface area contributed by atoms with E-state index in [9.17, 15) is 9.59 Å². The lowest BCUT2D eigenvalue weighted by atomic mass is 9.94. The van der Waals surface area contributed by atoms with Crippen LogP contribution in [0.25, 0.3) is 6.08 Å². The van der Waals surface area contributed by atoms with Crippen molar-refractivity contribution in [2.24, 2.45) is 4.99 Å². The zero-order chi connectivity index (χ0) is 26.1. The summed E-state index contributed by atoms with van der Waals surface area (Å²) >= 11 is 1.25. The van der Waals surface area contributed by atoms with E-state index in [0.29, 0.717) is 50.2 Å². The second-order valence-corrected chi connectivity index (χ2v) is 9.42. The number of hydrogen-bond donors (Lipinski definition) is 0. The van der Waals surface area contributed by atoms with Crippen molar-refractivity contribution in [3.8, 4) is 23.0 Å². The summed E-state index contributed by atoms with van der Waals surface area (Å²) in [5.41, 5.74) is 1.84. The average Bonchev–Trinajstić information content (AvgIpc) is 3.49. The molecule has 0 fully saturated rings. The SMILES string of the molecule is CCCOc1c(OC)cccc1[C@H]1C(C(=O)OC)=C(C)N=c2s/c(=C\c3ccc4c(c3)OCO4)c(=O)n21. The number of allylic oxidation sites excluding steroid dienone is 1. The number of rotatable bonds is 7. The van der Waals surface area contributed by atoms with Gasteiger partial charge in [0.15, 0.2) is 27.8 Å². The van der Waals surface area contributed by atoms with Crippen molar-refractivity contribution in [1.82, 2.24) is 4.57 Å². The van der Waals surface area contributed by atoms with Crippen molar-refractivity contribution < 1.29 is 28.5 Å². The van der Waals surface area contributed by atoms with Crippen LogP contribution in [0.3, 0.4) is 0 Å². The quantitative estimate of drug-likeness (QED) is 0.440. The Hall–Kier alpha value is -4.05. The highest BCUT2D eigenvalue weighted by Crippen LogP contribution is 2.41. The van der Waals surface area contributed by atoms with Gasteiger partial charge in [0.1, 0.15) is 6.04 Å². The molecule has 3 heterocycles. The molecule has 1 aromatic heterocycles. The first-order valence-corrected chi connectivity index (χ1v) is 12.6. The predicted octanol–water partition coefficient (Wildman–Crippen LogP) is 2.93. The number of carbonyl (C=O) groups is 1. The van der Waals surface area contributed by atoms with Crippen molar-refractivity contribution in [3.63, 3.8) is 0 Å². The van der Waals surface area contributed by atoms with Crippen molar-refractivity contribution >= 4 is 23.4 Å². The van der Waals surface area contributed by atoms with Crippen molar-refractivity contribution in [2.75, 3.05) is 27.6 Å². The van der Waals surface area contributed by atoms with Crippen LogP contribution < -0.4 is 33.8 Å². The molecule has 5 rings (SSSR count). The highest BCUT2D eigenvalue weighted by molar-refractivity contribution is 7.07. The van der Waals surface area contributed by atoms with Crippen LogP contribution in [0.15, 0.2) is 57.5 Å². The van der Waals surface area contributed by atoms with Gasteiger partial charge in [-0.05, 0) is 43.2 Å². The third-order valence-electron chi connectivity index (χ3n) is 6.10. The molecule has 1 atom stereocenters. The summed E-state index contributed by atoms with van der Waals surface area (Å²) in [5, 5.41) is 0. The van der Waals surface area contributed by atoms with Crippen molar-refractivity contribution in [2.45, 2.75) is 26.3 Å². The number of esters is 1. The Morgan fingerprint density at radius 3 is 2.78 bits per heavy atom. The molecule has 0 bridgehead atoms. The van der Waals surface area contributed by atoms with E-state index in [1.807, 2.05) is 25.1 Å². The van der Waals surface area contributed by atoms with E-state index < -0.39 is 12.0 Å². The standard InChI is InChI=1S/C27H26N2O7S/c1-5-11-34-24-17(7-6-8-19(24)32-3)23-22(26(31)33-4)15(2)28-27-29(23)25(30)21(37-27)13-16-9-10-18-20(12-16)36-14-35-18/h6-10,12-13,23H,5,11,14H2,1-4H3/b21-13-/t23-/m0/s1. The largest absolute Gasteiger partial charge is 0.493 e. The number of thiazole rings is 1. The molecule has 2 aliphatic heterocycles. The van der Waals surface area contributed by atoms with Crippen LogP contribution in [0.5, 0.6) is 23.0 Å². The Labute approximate surface area is 216 Å². The number of hydrogen-bond acceptors (Lipinski definition) is 9. The van der Waals surface area contributed by atoms with E-state index in [1.165, 1.54) is 23.0 Å². The van der Waals surface area contributed by atoms with Crippen LogP contribution >= 0.6 is 11.3 Å². The van der Waals surface area contributed by atoms with Crippen LogP contribution in [0.1, 0.15) is 37.4 Å². The third kappa shape index (κ3) is 4.37. The summed E-state index contributed by atoms with van der Waals surface area (Å²) in [6.45, 7) is 4.34. The van der Waals surface area contributed by atoms with Crippen molar-refractivity contribution in [3.05, 3.63) is 78.5 Å². The minimum absolute atomic E-state index is 0.166. The first kappa shape index (κ1) is 24.6. The Bertz CT molecular complexity index is 1580. The van der Waals surface area contributed by atoms with Crippen LogP contribution in [0.4, 0.5) is 0 Å². The van der Waals surface area contributed by atoms with Crippen LogP contribution in [-0.2, 0) is 9.53 Å². The smallest absolute Gasteiger partial charge is 0.338 e. The van der Waals surface area contributed by atoms with Gasteiger partial charge in [-0.2, -0.15) is 0 Å². The molecule has 0 amide bonds. The fourth-order valence-electron chi connectivity index (χ4n) is 4.41. The van der Waals surface area contributed by atoms with E-state index in [4.69, 9.17) is 23.7 Å². The molecule has 10 heteroatoms. The summed E-state index contributed by atoms with van der Waals surface area (Å²) in [7, 11) is 2.86. The van der Waals surface area contributed by atoms with Crippen LogP contribution in [-0.4, -0.2) is 38.2 Å². The van der Waals surface area contributed by atoms with E-state index in [0.717, 1.165) is 12.0 Å². The van der Waals surface area contributed by atoms with E-state index in [-0.39, 0.29) is 17.9 Å². The second-order valence-electron chi connectivity index (χ2n) is 8.41. The van der Waals surface area contributed by atoms with E-state index in [2.05, 4.69) is 4.99 Å². The fourth-order valence-corrected chi connectivity index (χ4v) is 5.46. The Morgan fingerprint density at radius 1 is 1.22 bits per heavy atom. The Balaban J connectivity index is 1.73. The number of benzene rings is 2. The predicted molar refractivity (Wildman–Crippen MR) is 137 cm³/mol. The summed E-state index contributed by atoms with van der Waals surface area (Å²) in [4.78, 5) is 31.9. The summed E-state index contributed by atoms with van der Waals surface area (Å²) in [6.07, 6.45) is 2.55. The molecular weight excluding hydrogens is 496 g/mol. The zero-order valence-corrected chi connectivity index (χ0v) is 21.7. The van der Waals surface area contributed by atoms with E-state index in [1.54, 1.807) is 38.3 Å². The first-order chi connectivity index (χ1) is 18.0. The van der Waals surface area contributed by atoms with Gasteiger partial charge in [0.2, 0.25) is 6.79 Å². The van der Waals surface area contributed by atoms with Crippen LogP contribution in [0, 0.1) is 0 Å². The number of ether oxygens (including phenoxy) is 5. The zero-order valence-electron chi connectivity index (χ0n) is 20.9. The maximum absolute atomic E-state index is 13.9. The Kier molecular flexibility index (Phi) is 6.75. The lowest BCUT2D eigenvalue weighted by Crippen LogP contribution is -2.40. The molecule has 192 valence electrons. The van der Waals surface area contributed by atoms with Crippen LogP contribution in [0.2, 0.25) is 0 Å². The summed E-state index contributed by atoms with van der Waals surface area (Å²) in [5.74, 6) is 1.69. The van der Waals surface area contributed by atoms with Gasteiger partial charge in [-0.15, -0.1) is 0 Å². The number of methoxy groups -OCH3 is 2. The molecule has 37 heavy (non-hydrogen) atoms. The molecule has 3 aromatic rings. The molecule has 0 saturated carbocycles. The summed E-state index contributed by atoms with van der Waals surface area (Å²) < 4.78 is 29.6.